The predicted octanol–water partition coefficient (Wildman–Crippen LogP) is 0.583. The monoisotopic (exact) mass is 249 g/mol. The fraction of sp³-hybridized carbons (Fsp3) is 0.364. The predicted molar refractivity (Wildman–Crippen MR) is 64.7 cm³/mol. The van der Waals surface area contributed by atoms with E-state index in [1.54, 1.807) is 6.07 Å². The highest BCUT2D eigenvalue weighted by atomic mass is 19.1. The molecule has 0 unspecified atom stereocenters. The Morgan fingerprint density at radius 2 is 1.94 bits per heavy atom. The highest BCUT2D eigenvalue weighted by Crippen LogP contribution is 2.23. The number of rotatable bonds is 1. The van der Waals surface area contributed by atoms with Crippen LogP contribution in [-0.4, -0.2) is 41.3 Å². The Labute approximate surface area is 103 Å². The van der Waals surface area contributed by atoms with Crippen LogP contribution in [-0.2, 0) is 4.74 Å². The molecule has 94 valence electrons. The third-order valence-electron chi connectivity index (χ3n) is 2.82. The van der Waals surface area contributed by atoms with E-state index in [0.717, 1.165) is 0 Å². The van der Waals surface area contributed by atoms with Gasteiger partial charge in [-0.05, 0) is 12.1 Å². The number of pyridine rings is 1. The van der Waals surface area contributed by atoms with Crippen LogP contribution in [0, 0.1) is 5.95 Å². The molecule has 2 aromatic rings. The van der Waals surface area contributed by atoms with Crippen LogP contribution in [0.1, 0.15) is 0 Å². The topological polar surface area (TPSA) is 77.2 Å². The van der Waals surface area contributed by atoms with Gasteiger partial charge in [-0.25, -0.2) is 9.97 Å². The average molecular weight is 249 g/mol. The summed E-state index contributed by atoms with van der Waals surface area (Å²) in [4.78, 5) is 14.1. The zero-order chi connectivity index (χ0) is 12.5. The Kier molecular flexibility index (Phi) is 2.67. The van der Waals surface area contributed by atoms with Crippen molar-refractivity contribution in [2.45, 2.75) is 0 Å². The van der Waals surface area contributed by atoms with Crippen molar-refractivity contribution in [2.24, 2.45) is 0 Å². The molecule has 0 saturated carbocycles. The standard InChI is InChI=1S/C11H12FN5O/c12-8-2-1-7-9(15-8)10(16-11(13)14-7)17-3-5-18-6-4-17/h1-2H,3-6H2,(H2,13,14,16). The first-order valence-corrected chi connectivity index (χ1v) is 5.66. The van der Waals surface area contributed by atoms with E-state index in [4.69, 9.17) is 10.5 Å². The Hall–Kier alpha value is -2.02. The molecule has 6 nitrogen and oxygen atoms in total. The number of nitrogens with zero attached hydrogens (tertiary/aromatic N) is 4. The molecule has 7 heteroatoms. The molecular formula is C11H12FN5O. The first-order chi connectivity index (χ1) is 8.74. The number of nitrogens with two attached hydrogens (primary N) is 1. The lowest BCUT2D eigenvalue weighted by Crippen LogP contribution is -2.37. The second-order valence-corrected chi connectivity index (χ2v) is 4.01. The smallest absolute Gasteiger partial charge is 0.222 e. The summed E-state index contributed by atoms with van der Waals surface area (Å²) in [5, 5.41) is 0. The van der Waals surface area contributed by atoms with Crippen LogP contribution in [0.15, 0.2) is 12.1 Å². The maximum absolute atomic E-state index is 13.2. The van der Waals surface area contributed by atoms with Gasteiger partial charge in [0.05, 0.1) is 18.7 Å². The highest BCUT2D eigenvalue weighted by molar-refractivity contribution is 5.86. The maximum Gasteiger partial charge on any atom is 0.222 e. The number of fused-ring (bicyclic) bond motifs is 1. The molecule has 0 atom stereocenters. The minimum Gasteiger partial charge on any atom is -0.378 e. The molecule has 1 saturated heterocycles. The van der Waals surface area contributed by atoms with E-state index in [2.05, 4.69) is 15.0 Å². The number of anilines is 2. The number of ether oxygens (including phenoxy) is 1. The number of aromatic nitrogens is 3. The lowest BCUT2D eigenvalue weighted by molar-refractivity contribution is 0.122. The summed E-state index contributed by atoms with van der Waals surface area (Å²) in [6.07, 6.45) is 0. The van der Waals surface area contributed by atoms with Crippen LogP contribution in [0.4, 0.5) is 16.2 Å². The molecule has 0 radical (unpaired) electrons. The van der Waals surface area contributed by atoms with E-state index in [9.17, 15) is 4.39 Å². The molecule has 18 heavy (non-hydrogen) atoms. The lowest BCUT2D eigenvalue weighted by Gasteiger charge is -2.28. The molecule has 0 aromatic carbocycles. The fourth-order valence-corrected chi connectivity index (χ4v) is 1.99. The molecule has 0 amide bonds. The van der Waals surface area contributed by atoms with Crippen molar-refractivity contribution < 1.29 is 9.13 Å². The maximum atomic E-state index is 13.2. The summed E-state index contributed by atoms with van der Waals surface area (Å²) in [5.74, 6) is 0.183. The Bertz CT molecular complexity index is 585. The van der Waals surface area contributed by atoms with Crippen LogP contribution in [0.25, 0.3) is 11.0 Å². The van der Waals surface area contributed by atoms with Crippen LogP contribution in [0.3, 0.4) is 0 Å². The Morgan fingerprint density at radius 1 is 1.17 bits per heavy atom. The van der Waals surface area contributed by atoms with Crippen molar-refractivity contribution in [2.75, 3.05) is 36.9 Å². The second-order valence-electron chi connectivity index (χ2n) is 4.01. The highest BCUT2D eigenvalue weighted by Gasteiger charge is 2.18. The van der Waals surface area contributed by atoms with Crippen LogP contribution < -0.4 is 10.6 Å². The summed E-state index contributed by atoms with van der Waals surface area (Å²) in [5.41, 5.74) is 6.65. The summed E-state index contributed by atoms with van der Waals surface area (Å²) in [7, 11) is 0. The average Bonchev–Trinajstić information content (AvgIpc) is 2.39. The Morgan fingerprint density at radius 3 is 2.72 bits per heavy atom. The van der Waals surface area contributed by atoms with Gasteiger partial charge in [0.1, 0.15) is 5.52 Å². The lowest BCUT2D eigenvalue weighted by atomic mass is 10.3. The molecule has 1 fully saturated rings. The van der Waals surface area contributed by atoms with Crippen LogP contribution in [0.2, 0.25) is 0 Å². The fourth-order valence-electron chi connectivity index (χ4n) is 1.99. The molecule has 1 aliphatic rings. The zero-order valence-corrected chi connectivity index (χ0v) is 9.64. The van der Waals surface area contributed by atoms with Crippen molar-refractivity contribution >= 4 is 22.8 Å². The third kappa shape index (κ3) is 1.92. The van der Waals surface area contributed by atoms with Gasteiger partial charge in [-0.15, -0.1) is 0 Å². The van der Waals surface area contributed by atoms with E-state index >= 15 is 0 Å². The second kappa shape index (κ2) is 4.34. The van der Waals surface area contributed by atoms with E-state index in [1.807, 2.05) is 4.90 Å². The van der Waals surface area contributed by atoms with Gasteiger partial charge in [0.2, 0.25) is 11.9 Å². The van der Waals surface area contributed by atoms with Gasteiger partial charge < -0.3 is 15.4 Å². The van der Waals surface area contributed by atoms with Crippen molar-refractivity contribution in [3.05, 3.63) is 18.1 Å². The van der Waals surface area contributed by atoms with Gasteiger partial charge >= 0.3 is 0 Å². The van der Waals surface area contributed by atoms with Gasteiger partial charge in [0, 0.05) is 13.1 Å². The molecule has 3 rings (SSSR count). The summed E-state index contributed by atoms with van der Waals surface area (Å²) >= 11 is 0. The Balaban J connectivity index is 2.16. The van der Waals surface area contributed by atoms with Gasteiger partial charge in [-0.2, -0.15) is 9.37 Å². The van der Waals surface area contributed by atoms with Gasteiger partial charge in [-0.1, -0.05) is 0 Å². The number of halogens is 1. The molecule has 1 aliphatic heterocycles. The van der Waals surface area contributed by atoms with Gasteiger partial charge in [-0.3, -0.25) is 0 Å². The molecule has 0 bridgehead atoms. The van der Waals surface area contributed by atoms with E-state index < -0.39 is 5.95 Å². The normalized spacial score (nSPS) is 16.2. The van der Waals surface area contributed by atoms with E-state index in [1.165, 1.54) is 6.07 Å². The molecule has 2 N–H and O–H groups in total. The number of morpholine rings is 1. The molecule has 2 aromatic heterocycles. The van der Waals surface area contributed by atoms with E-state index in [0.29, 0.717) is 43.2 Å². The quantitative estimate of drug-likeness (QED) is 0.745. The van der Waals surface area contributed by atoms with Crippen LogP contribution >= 0.6 is 0 Å². The number of nitrogen functional groups attached to an aromatic ring is 1. The minimum absolute atomic E-state index is 0.164. The van der Waals surface area contributed by atoms with E-state index in [-0.39, 0.29) is 5.95 Å². The molecule has 0 aliphatic carbocycles. The molecular weight excluding hydrogens is 237 g/mol. The third-order valence-corrected chi connectivity index (χ3v) is 2.82. The van der Waals surface area contributed by atoms with Gasteiger partial charge in [0.15, 0.2) is 5.82 Å². The zero-order valence-electron chi connectivity index (χ0n) is 9.64. The molecule has 0 spiro atoms. The summed E-state index contributed by atoms with van der Waals surface area (Å²) < 4.78 is 18.5. The first-order valence-electron chi connectivity index (χ1n) is 5.66. The first kappa shape index (κ1) is 11.1. The largest absolute Gasteiger partial charge is 0.378 e. The van der Waals surface area contributed by atoms with Crippen LogP contribution in [0.5, 0.6) is 0 Å². The number of hydrogen-bond acceptors (Lipinski definition) is 6. The van der Waals surface area contributed by atoms with Gasteiger partial charge in [0.25, 0.3) is 0 Å². The summed E-state index contributed by atoms with van der Waals surface area (Å²) in [6.45, 7) is 2.59. The van der Waals surface area contributed by atoms with Crippen molar-refractivity contribution in [3.8, 4) is 0 Å². The minimum atomic E-state index is -0.551. The number of hydrogen-bond donors (Lipinski definition) is 1. The van der Waals surface area contributed by atoms with Crippen molar-refractivity contribution in [1.29, 1.82) is 0 Å². The van der Waals surface area contributed by atoms with Crippen molar-refractivity contribution in [1.82, 2.24) is 15.0 Å². The summed E-state index contributed by atoms with van der Waals surface area (Å²) in [6, 6.07) is 2.82. The SMILES string of the molecule is Nc1nc(N2CCOCC2)c2nc(F)ccc2n1. The van der Waals surface area contributed by atoms with Crippen molar-refractivity contribution in [3.63, 3.8) is 0 Å². The molecule has 3 heterocycles.